The van der Waals surface area contributed by atoms with Gasteiger partial charge in [0.15, 0.2) is 5.70 Å². The fraction of sp³-hybridized carbons (Fsp3) is 0.0769. The van der Waals surface area contributed by atoms with Gasteiger partial charge < -0.3 is 17.6 Å². The fourth-order valence-corrected chi connectivity index (χ4v) is 3.66. The molecule has 7 heteroatoms. The predicted octanol–water partition coefficient (Wildman–Crippen LogP) is 2.90. The fourth-order valence-electron chi connectivity index (χ4n) is 2.79. The number of thiazole rings is 1. The van der Waals surface area contributed by atoms with Crippen LogP contribution in [-0.2, 0) is 0 Å². The number of allylic oxidation sites excluding steroid dienone is 2. The van der Waals surface area contributed by atoms with Crippen molar-refractivity contribution in [3.05, 3.63) is 58.0 Å². The third-order valence-electron chi connectivity index (χ3n) is 3.71. The van der Waals surface area contributed by atoms with Crippen molar-refractivity contribution in [3.63, 3.8) is 0 Å². The van der Waals surface area contributed by atoms with Crippen LogP contribution in [0.3, 0.4) is 0 Å². The number of fused-ring (bicyclic) bond motifs is 2. The molecule has 0 radical (unpaired) electrons. The van der Waals surface area contributed by atoms with E-state index in [-0.39, 0.29) is 0 Å². The van der Waals surface area contributed by atoms with Gasteiger partial charge in [-0.1, -0.05) is 0 Å². The minimum Gasteiger partial charge on any atom is -0.396 e. The number of hydrogen-bond donors (Lipinski definition) is 0. The zero-order valence-electron chi connectivity index (χ0n) is 10.6. The van der Waals surface area contributed by atoms with Gasteiger partial charge in [0.1, 0.15) is 6.21 Å². The molecule has 3 nitrogen and oxygen atoms in total. The van der Waals surface area contributed by atoms with Crippen LogP contribution in [0.1, 0.15) is 16.3 Å². The van der Waals surface area contributed by atoms with Crippen molar-refractivity contribution in [1.82, 2.24) is 9.46 Å². The third-order valence-corrected chi connectivity index (χ3v) is 4.66. The Kier molecular flexibility index (Phi) is 2.21. The summed E-state index contributed by atoms with van der Waals surface area (Å²) in [6, 6.07) is 3.40. The molecule has 4 rings (SSSR count). The van der Waals surface area contributed by atoms with Crippen molar-refractivity contribution in [2.45, 2.75) is 6.92 Å². The summed E-state index contributed by atoms with van der Waals surface area (Å²) < 4.78 is 31.2. The van der Waals surface area contributed by atoms with Gasteiger partial charge in [0.2, 0.25) is 0 Å². The summed E-state index contributed by atoms with van der Waals surface area (Å²) in [7, 11) is 0. The Morgan fingerprint density at radius 2 is 2.25 bits per heavy atom. The summed E-state index contributed by atoms with van der Waals surface area (Å²) in [6.07, 6.45) is 6.28. The van der Waals surface area contributed by atoms with Crippen LogP contribution in [0.25, 0.3) is 5.57 Å². The van der Waals surface area contributed by atoms with E-state index in [1.54, 1.807) is 29.8 Å². The molecule has 0 saturated heterocycles. The number of rotatable bonds is 1. The second kappa shape index (κ2) is 3.76. The van der Waals surface area contributed by atoms with Crippen LogP contribution in [0.2, 0.25) is 0 Å². The lowest BCUT2D eigenvalue weighted by Gasteiger charge is -2.30. The topological polar surface area (TPSA) is 20.8 Å². The van der Waals surface area contributed by atoms with Gasteiger partial charge in [-0.15, -0.1) is 11.3 Å². The summed E-state index contributed by atoms with van der Waals surface area (Å²) in [4.78, 5) is 5.18. The maximum atomic E-state index is 14.5. The molecule has 100 valence electrons. The molecule has 0 saturated carbocycles. The van der Waals surface area contributed by atoms with Crippen molar-refractivity contribution < 1.29 is 13.1 Å². The molecule has 0 aromatic carbocycles. The van der Waals surface area contributed by atoms with Crippen molar-refractivity contribution in [2.24, 2.45) is 0 Å². The Morgan fingerprint density at radius 1 is 1.40 bits per heavy atom. The SMILES string of the molecule is Cc1ncsc1C1=C2C=CC=[N+]2[B-](F)(F)n2cccc21. The number of halogens is 2. The first-order valence-corrected chi connectivity index (χ1v) is 7.13. The van der Waals surface area contributed by atoms with E-state index in [0.717, 1.165) is 25.1 Å². The predicted molar refractivity (Wildman–Crippen MR) is 76.1 cm³/mol. The lowest BCUT2D eigenvalue weighted by molar-refractivity contribution is -0.356. The maximum absolute atomic E-state index is 14.5. The Bertz CT molecular complexity index is 813. The van der Waals surface area contributed by atoms with Crippen LogP contribution < -0.4 is 0 Å². The van der Waals surface area contributed by atoms with E-state index < -0.39 is 6.97 Å². The first-order valence-electron chi connectivity index (χ1n) is 6.25. The first kappa shape index (κ1) is 11.8. The third kappa shape index (κ3) is 1.33. The zero-order chi connectivity index (χ0) is 13.9. The molecular weight excluding hydrogens is 279 g/mol. The van der Waals surface area contributed by atoms with E-state index in [9.17, 15) is 8.63 Å². The molecule has 0 N–H and O–H groups in total. The zero-order valence-corrected chi connectivity index (χ0v) is 11.4. The van der Waals surface area contributed by atoms with Crippen LogP contribution in [0.4, 0.5) is 8.63 Å². The molecule has 2 aliphatic heterocycles. The van der Waals surface area contributed by atoms with Crippen LogP contribution in [0, 0.1) is 6.92 Å². The van der Waals surface area contributed by atoms with Gasteiger partial charge in [0.05, 0.1) is 21.7 Å². The summed E-state index contributed by atoms with van der Waals surface area (Å²) in [5, 5.41) is 0. The molecule has 0 atom stereocenters. The monoisotopic (exact) mass is 289 g/mol. The van der Waals surface area contributed by atoms with Gasteiger partial charge in [0, 0.05) is 17.8 Å². The van der Waals surface area contributed by atoms with Crippen molar-refractivity contribution >= 4 is 30.1 Å². The minimum atomic E-state index is -3.81. The van der Waals surface area contributed by atoms with Crippen molar-refractivity contribution in [2.75, 3.05) is 0 Å². The smallest absolute Gasteiger partial charge is 0.396 e. The molecule has 20 heavy (non-hydrogen) atoms. The van der Waals surface area contributed by atoms with Gasteiger partial charge in [-0.3, -0.25) is 0 Å². The summed E-state index contributed by atoms with van der Waals surface area (Å²) in [6.45, 7) is -1.91. The maximum Gasteiger partial charge on any atom is 0.737 e. The molecule has 0 bridgehead atoms. The van der Waals surface area contributed by atoms with E-state index >= 15 is 0 Å². The lowest BCUT2D eigenvalue weighted by Crippen LogP contribution is -2.49. The van der Waals surface area contributed by atoms with E-state index in [0.29, 0.717) is 11.4 Å². The molecule has 2 aromatic rings. The van der Waals surface area contributed by atoms with Crippen molar-refractivity contribution in [3.8, 4) is 0 Å². The number of nitrogens with zero attached hydrogens (tertiary/aromatic N) is 3. The molecule has 0 spiro atoms. The summed E-state index contributed by atoms with van der Waals surface area (Å²) >= 11 is 1.48. The average Bonchev–Trinajstić information content (AvgIpc) is 3.11. The number of aryl methyl sites for hydroxylation is 1. The van der Waals surface area contributed by atoms with Crippen LogP contribution in [0.15, 0.2) is 41.7 Å². The second-order valence-corrected chi connectivity index (χ2v) is 5.69. The quantitative estimate of drug-likeness (QED) is 0.739. The number of hydrogen-bond acceptors (Lipinski definition) is 2. The van der Waals surface area contributed by atoms with E-state index in [1.807, 2.05) is 6.92 Å². The average molecular weight is 289 g/mol. The summed E-state index contributed by atoms with van der Waals surface area (Å²) in [5.74, 6) is 0. The van der Waals surface area contributed by atoms with Gasteiger partial charge >= 0.3 is 6.97 Å². The van der Waals surface area contributed by atoms with Crippen molar-refractivity contribution in [1.29, 1.82) is 0 Å². The lowest BCUT2D eigenvalue weighted by atomic mass is 9.88. The normalized spacial score (nSPS) is 19.1. The molecule has 0 fully saturated rings. The molecule has 4 heterocycles. The Balaban J connectivity index is 2.10. The molecule has 0 amide bonds. The van der Waals surface area contributed by atoms with Gasteiger partial charge in [-0.05, 0) is 25.3 Å². The van der Waals surface area contributed by atoms with Gasteiger partial charge in [-0.2, -0.15) is 0 Å². The molecule has 0 aliphatic carbocycles. The summed E-state index contributed by atoms with van der Waals surface area (Å²) in [5.41, 5.74) is 4.54. The molecule has 0 unspecified atom stereocenters. The van der Waals surface area contributed by atoms with Gasteiger partial charge in [-0.25, -0.2) is 4.98 Å². The van der Waals surface area contributed by atoms with Crippen LogP contribution >= 0.6 is 11.3 Å². The van der Waals surface area contributed by atoms with E-state index in [4.69, 9.17) is 0 Å². The highest BCUT2D eigenvalue weighted by atomic mass is 32.1. The number of aromatic nitrogens is 2. The van der Waals surface area contributed by atoms with E-state index in [1.165, 1.54) is 23.7 Å². The van der Waals surface area contributed by atoms with Gasteiger partial charge in [0.25, 0.3) is 0 Å². The van der Waals surface area contributed by atoms with Crippen LogP contribution in [0.5, 0.6) is 0 Å². The highest BCUT2D eigenvalue weighted by Gasteiger charge is 2.51. The largest absolute Gasteiger partial charge is 0.737 e. The Hall–Kier alpha value is -2.02. The van der Waals surface area contributed by atoms with E-state index in [2.05, 4.69) is 4.98 Å². The van der Waals surface area contributed by atoms with Crippen LogP contribution in [-0.4, -0.2) is 27.1 Å². The molecule has 2 aromatic heterocycles. The Labute approximate surface area is 118 Å². The highest BCUT2D eigenvalue weighted by Crippen LogP contribution is 2.40. The molecule has 2 aliphatic rings. The molecular formula is C13H10BF2N3S. The highest BCUT2D eigenvalue weighted by molar-refractivity contribution is 7.11. The second-order valence-electron chi connectivity index (χ2n) is 4.83. The standard InChI is InChI=1S/C13H10BF2N3S/c1-9-13(20-8-17-9)12-10-4-2-6-18(10)14(15,16)19-7-3-5-11(12)19/h2-8H,1H3. The first-order chi connectivity index (χ1) is 9.60. The Morgan fingerprint density at radius 3 is 3.00 bits per heavy atom. The minimum absolute atomic E-state index is 0.550.